The van der Waals surface area contributed by atoms with Crippen molar-refractivity contribution in [2.75, 3.05) is 6.54 Å². The minimum atomic E-state index is -0.789. The Morgan fingerprint density at radius 2 is 2.12 bits per heavy atom. The highest BCUT2D eigenvalue weighted by Gasteiger charge is 2.55. The van der Waals surface area contributed by atoms with Gasteiger partial charge in [-0.05, 0) is 32.1 Å². The van der Waals surface area contributed by atoms with Gasteiger partial charge in [-0.1, -0.05) is 46.0 Å². The number of hydrogen-bond acceptors (Lipinski definition) is 3. The lowest BCUT2D eigenvalue weighted by molar-refractivity contribution is -0.137. The van der Waals surface area contributed by atoms with Crippen LogP contribution in [0.3, 0.4) is 0 Å². The van der Waals surface area contributed by atoms with Crippen LogP contribution in [0.15, 0.2) is 0 Å². The van der Waals surface area contributed by atoms with Crippen LogP contribution in [0.25, 0.3) is 0 Å². The first kappa shape index (κ1) is 18.7. The van der Waals surface area contributed by atoms with Gasteiger partial charge in [0.25, 0.3) is 5.91 Å². The molecule has 6 heteroatoms. The molecule has 0 radical (unpaired) electrons. The second-order valence-corrected chi connectivity index (χ2v) is 7.40. The molecule has 1 aliphatic carbocycles. The van der Waals surface area contributed by atoms with E-state index in [9.17, 15) is 14.4 Å². The number of rotatable bonds is 7. The largest absolute Gasteiger partial charge is 0.352 e. The highest BCUT2D eigenvalue weighted by atomic mass is 16.2. The zero-order valence-electron chi connectivity index (χ0n) is 15.2. The molecule has 4 amide bonds. The van der Waals surface area contributed by atoms with Crippen LogP contribution in [0.5, 0.6) is 0 Å². The highest BCUT2D eigenvalue weighted by molar-refractivity contribution is 6.09. The summed E-state index contributed by atoms with van der Waals surface area (Å²) < 4.78 is 0. The Kier molecular flexibility index (Phi) is 6.24. The lowest BCUT2D eigenvalue weighted by Crippen LogP contribution is -2.54. The molecule has 0 aromatic rings. The fourth-order valence-corrected chi connectivity index (χ4v) is 3.88. The average molecular weight is 337 g/mol. The molecule has 0 aromatic carbocycles. The van der Waals surface area contributed by atoms with Crippen molar-refractivity contribution in [1.29, 1.82) is 0 Å². The molecule has 1 aliphatic heterocycles. The third-order valence-electron chi connectivity index (χ3n) is 5.45. The first-order valence-corrected chi connectivity index (χ1v) is 9.34. The number of amides is 4. The van der Waals surface area contributed by atoms with Gasteiger partial charge in [-0.2, -0.15) is 0 Å². The zero-order valence-corrected chi connectivity index (χ0v) is 15.2. The molecule has 0 bridgehead atoms. The zero-order chi connectivity index (χ0) is 17.7. The van der Waals surface area contributed by atoms with Gasteiger partial charge in [0, 0.05) is 6.04 Å². The Morgan fingerprint density at radius 3 is 2.79 bits per heavy atom. The van der Waals surface area contributed by atoms with Gasteiger partial charge in [-0.15, -0.1) is 0 Å². The van der Waals surface area contributed by atoms with E-state index in [1.165, 1.54) is 0 Å². The molecule has 1 spiro atoms. The number of nitrogens with zero attached hydrogens (tertiary/aromatic N) is 1. The van der Waals surface area contributed by atoms with Crippen molar-refractivity contribution in [2.24, 2.45) is 5.92 Å². The number of hydrogen-bond donors (Lipinski definition) is 2. The monoisotopic (exact) mass is 337 g/mol. The molecule has 24 heavy (non-hydrogen) atoms. The van der Waals surface area contributed by atoms with Crippen LogP contribution >= 0.6 is 0 Å². The van der Waals surface area contributed by atoms with E-state index in [-0.39, 0.29) is 30.3 Å². The molecule has 1 saturated carbocycles. The second-order valence-electron chi connectivity index (χ2n) is 7.40. The molecule has 2 fully saturated rings. The Labute approximate surface area is 144 Å². The van der Waals surface area contributed by atoms with Crippen molar-refractivity contribution < 1.29 is 14.4 Å². The quantitative estimate of drug-likeness (QED) is 0.553. The van der Waals surface area contributed by atoms with Gasteiger partial charge in [0.2, 0.25) is 5.91 Å². The molecule has 2 rings (SSSR count). The van der Waals surface area contributed by atoms with E-state index in [4.69, 9.17) is 0 Å². The van der Waals surface area contributed by atoms with Gasteiger partial charge in [-0.25, -0.2) is 4.79 Å². The predicted molar refractivity (Wildman–Crippen MR) is 92.4 cm³/mol. The van der Waals surface area contributed by atoms with E-state index in [0.29, 0.717) is 6.42 Å². The lowest BCUT2D eigenvalue weighted by Gasteiger charge is -2.36. The number of urea groups is 1. The summed E-state index contributed by atoms with van der Waals surface area (Å²) in [6.07, 6.45) is 7.90. The van der Waals surface area contributed by atoms with Gasteiger partial charge >= 0.3 is 6.03 Å². The molecule has 0 aromatic heterocycles. The van der Waals surface area contributed by atoms with E-state index in [2.05, 4.69) is 17.6 Å². The van der Waals surface area contributed by atoms with Crippen molar-refractivity contribution in [3.05, 3.63) is 0 Å². The van der Waals surface area contributed by atoms with Crippen molar-refractivity contribution >= 4 is 17.8 Å². The fourth-order valence-electron chi connectivity index (χ4n) is 3.88. The van der Waals surface area contributed by atoms with Crippen LogP contribution in [0, 0.1) is 5.92 Å². The molecule has 1 heterocycles. The molecule has 136 valence electrons. The Hall–Kier alpha value is -1.59. The summed E-state index contributed by atoms with van der Waals surface area (Å²) in [6.45, 7) is 5.93. The van der Waals surface area contributed by atoms with Gasteiger partial charge in [0.1, 0.15) is 12.1 Å². The normalized spacial score (nSPS) is 28.1. The maximum atomic E-state index is 12.8. The molecule has 0 unspecified atom stereocenters. The summed E-state index contributed by atoms with van der Waals surface area (Å²) in [6, 6.07) is -0.366. The summed E-state index contributed by atoms with van der Waals surface area (Å²) in [5.41, 5.74) is -0.789. The van der Waals surface area contributed by atoms with Gasteiger partial charge in [-0.3, -0.25) is 14.5 Å². The summed E-state index contributed by atoms with van der Waals surface area (Å²) in [5, 5.41) is 5.77. The standard InChI is InChI=1S/C18H31N3O3/c1-4-5-6-10-14(3)19-15(22)12-21-16(23)18(20-17(21)24)11-8-7-9-13(18)2/h13-14H,4-12H2,1-3H3,(H,19,22)(H,20,24)/t13-,14-,18+/m0/s1. The van der Waals surface area contributed by atoms with Crippen LogP contribution in [0.1, 0.15) is 72.1 Å². The van der Waals surface area contributed by atoms with Gasteiger partial charge in [0.15, 0.2) is 0 Å². The maximum Gasteiger partial charge on any atom is 0.325 e. The molecule has 2 N–H and O–H groups in total. The summed E-state index contributed by atoms with van der Waals surface area (Å²) in [5.74, 6) is -0.375. The summed E-state index contributed by atoms with van der Waals surface area (Å²) in [7, 11) is 0. The van der Waals surface area contributed by atoms with Crippen LogP contribution in [0.2, 0.25) is 0 Å². The van der Waals surface area contributed by atoms with Crippen LogP contribution < -0.4 is 10.6 Å². The van der Waals surface area contributed by atoms with E-state index in [0.717, 1.165) is 49.8 Å². The number of carbonyl (C=O) groups excluding carboxylic acids is 3. The molecule has 1 saturated heterocycles. The smallest absolute Gasteiger partial charge is 0.325 e. The van der Waals surface area contributed by atoms with Crippen LogP contribution in [-0.4, -0.2) is 40.9 Å². The minimum Gasteiger partial charge on any atom is -0.352 e. The summed E-state index contributed by atoms with van der Waals surface area (Å²) >= 11 is 0. The first-order valence-electron chi connectivity index (χ1n) is 9.34. The van der Waals surface area contributed by atoms with Crippen molar-refractivity contribution in [1.82, 2.24) is 15.5 Å². The average Bonchev–Trinajstić information content (AvgIpc) is 2.76. The van der Waals surface area contributed by atoms with Crippen molar-refractivity contribution in [2.45, 2.75) is 83.7 Å². The SMILES string of the molecule is CCCCC[C@H](C)NC(=O)CN1C(=O)N[C@@]2(CCCC[C@@H]2C)C1=O. The van der Waals surface area contributed by atoms with Crippen molar-refractivity contribution in [3.8, 4) is 0 Å². The molecule has 6 nitrogen and oxygen atoms in total. The summed E-state index contributed by atoms with van der Waals surface area (Å²) in [4.78, 5) is 38.3. The Bertz CT molecular complexity index is 494. The van der Waals surface area contributed by atoms with Crippen LogP contribution in [0.4, 0.5) is 4.79 Å². The minimum absolute atomic E-state index is 0.0624. The Morgan fingerprint density at radius 1 is 1.38 bits per heavy atom. The second kappa shape index (κ2) is 7.99. The molecule has 3 atom stereocenters. The predicted octanol–water partition coefficient (Wildman–Crippen LogP) is 2.57. The Balaban J connectivity index is 1.91. The van der Waals surface area contributed by atoms with Crippen LogP contribution in [-0.2, 0) is 9.59 Å². The number of carbonyl (C=O) groups is 3. The number of nitrogens with one attached hydrogen (secondary N) is 2. The van der Waals surface area contributed by atoms with E-state index in [1.54, 1.807) is 0 Å². The third kappa shape index (κ3) is 3.90. The number of imide groups is 1. The van der Waals surface area contributed by atoms with E-state index >= 15 is 0 Å². The molecule has 2 aliphatic rings. The van der Waals surface area contributed by atoms with Gasteiger partial charge in [0.05, 0.1) is 0 Å². The topological polar surface area (TPSA) is 78.5 Å². The van der Waals surface area contributed by atoms with E-state index < -0.39 is 11.6 Å². The first-order chi connectivity index (χ1) is 11.4. The molecular weight excluding hydrogens is 306 g/mol. The maximum absolute atomic E-state index is 12.8. The number of unbranched alkanes of at least 4 members (excludes halogenated alkanes) is 2. The third-order valence-corrected chi connectivity index (χ3v) is 5.45. The lowest BCUT2D eigenvalue weighted by atomic mass is 9.73. The highest BCUT2D eigenvalue weighted by Crippen LogP contribution is 2.38. The van der Waals surface area contributed by atoms with Crippen molar-refractivity contribution in [3.63, 3.8) is 0 Å². The van der Waals surface area contributed by atoms with Gasteiger partial charge < -0.3 is 10.6 Å². The van der Waals surface area contributed by atoms with E-state index in [1.807, 2.05) is 13.8 Å². The fraction of sp³-hybridized carbons (Fsp3) is 0.833. The molecular formula is C18H31N3O3.